The van der Waals surface area contributed by atoms with E-state index in [4.69, 9.17) is 16.0 Å². The average molecular weight is 288 g/mol. The number of hydrogen-bond acceptors (Lipinski definition) is 4. The first kappa shape index (κ1) is 13.2. The van der Waals surface area contributed by atoms with Crippen LogP contribution in [-0.2, 0) is 0 Å². The van der Waals surface area contributed by atoms with Crippen molar-refractivity contribution in [3.05, 3.63) is 50.7 Å². The summed E-state index contributed by atoms with van der Waals surface area (Å²) in [4.78, 5) is 20.3. The number of aldehydes is 1. The normalized spacial score (nSPS) is 10.5. The van der Waals surface area contributed by atoms with Crippen molar-refractivity contribution in [2.24, 2.45) is 0 Å². The zero-order valence-electron chi connectivity index (χ0n) is 9.02. The Kier molecular flexibility index (Phi) is 3.30. The molecule has 8 heteroatoms. The van der Waals surface area contributed by atoms with Gasteiger partial charge in [0.05, 0.1) is 11.0 Å². The quantitative estimate of drug-likeness (QED) is 0.374. The van der Waals surface area contributed by atoms with Gasteiger partial charge in [0.1, 0.15) is 16.3 Å². The maximum atomic E-state index is 13.9. The SMILES string of the molecule is O=Cc1ccc(-c2c([N+](=O)[O-])cc(F)c(Cl)c2F)o1. The first-order chi connectivity index (χ1) is 8.95. The van der Waals surface area contributed by atoms with Gasteiger partial charge in [-0.2, -0.15) is 0 Å². The van der Waals surface area contributed by atoms with Crippen molar-refractivity contribution in [2.75, 3.05) is 0 Å². The fourth-order valence-electron chi connectivity index (χ4n) is 1.51. The van der Waals surface area contributed by atoms with E-state index in [1.165, 1.54) is 6.07 Å². The Hall–Kier alpha value is -2.28. The van der Waals surface area contributed by atoms with Gasteiger partial charge in [0.15, 0.2) is 23.7 Å². The van der Waals surface area contributed by atoms with Crippen LogP contribution in [0.5, 0.6) is 0 Å². The second-order valence-electron chi connectivity index (χ2n) is 3.46. The van der Waals surface area contributed by atoms with Crippen LogP contribution in [0.2, 0.25) is 5.02 Å². The Morgan fingerprint density at radius 2 is 2.05 bits per heavy atom. The van der Waals surface area contributed by atoms with Gasteiger partial charge < -0.3 is 4.42 Å². The first-order valence-corrected chi connectivity index (χ1v) is 5.20. The van der Waals surface area contributed by atoms with Crippen LogP contribution in [0.3, 0.4) is 0 Å². The number of nitro groups is 1. The van der Waals surface area contributed by atoms with E-state index in [0.717, 1.165) is 6.07 Å². The third-order valence-corrected chi connectivity index (χ3v) is 2.67. The van der Waals surface area contributed by atoms with Crippen LogP contribution in [0, 0.1) is 21.7 Å². The summed E-state index contributed by atoms with van der Waals surface area (Å²) >= 11 is 5.37. The topological polar surface area (TPSA) is 73.3 Å². The van der Waals surface area contributed by atoms with E-state index in [1.807, 2.05) is 0 Å². The van der Waals surface area contributed by atoms with Crippen molar-refractivity contribution in [3.63, 3.8) is 0 Å². The van der Waals surface area contributed by atoms with Crippen molar-refractivity contribution < 1.29 is 22.9 Å². The van der Waals surface area contributed by atoms with Gasteiger partial charge >= 0.3 is 0 Å². The summed E-state index contributed by atoms with van der Waals surface area (Å²) in [6, 6.07) is 2.84. The molecule has 0 amide bonds. The average Bonchev–Trinajstić information content (AvgIpc) is 2.83. The van der Waals surface area contributed by atoms with Gasteiger partial charge in [-0.25, -0.2) is 8.78 Å². The molecular weight excluding hydrogens is 284 g/mol. The molecule has 0 radical (unpaired) electrons. The van der Waals surface area contributed by atoms with Gasteiger partial charge in [-0.05, 0) is 12.1 Å². The monoisotopic (exact) mass is 287 g/mol. The Morgan fingerprint density at radius 1 is 1.37 bits per heavy atom. The van der Waals surface area contributed by atoms with Crippen molar-refractivity contribution >= 4 is 23.6 Å². The van der Waals surface area contributed by atoms with E-state index in [2.05, 4.69) is 0 Å². The molecule has 0 bridgehead atoms. The highest BCUT2D eigenvalue weighted by Gasteiger charge is 2.27. The molecular formula is C11H4ClF2NO4. The third kappa shape index (κ3) is 2.19. The lowest BCUT2D eigenvalue weighted by Gasteiger charge is -2.04. The zero-order chi connectivity index (χ0) is 14.2. The number of benzene rings is 1. The predicted molar refractivity (Wildman–Crippen MR) is 61.1 cm³/mol. The molecule has 1 aromatic carbocycles. The van der Waals surface area contributed by atoms with E-state index in [-0.39, 0.29) is 11.5 Å². The Morgan fingerprint density at radius 3 is 2.58 bits per heavy atom. The Labute approximate surface area is 109 Å². The van der Waals surface area contributed by atoms with Gasteiger partial charge in [-0.1, -0.05) is 11.6 Å². The van der Waals surface area contributed by atoms with Crippen molar-refractivity contribution in [3.8, 4) is 11.3 Å². The summed E-state index contributed by atoms with van der Waals surface area (Å²) in [6.45, 7) is 0. The summed E-state index contributed by atoms with van der Waals surface area (Å²) in [6.07, 6.45) is 0.346. The lowest BCUT2D eigenvalue weighted by molar-refractivity contribution is -0.384. The molecule has 0 aliphatic carbocycles. The van der Waals surface area contributed by atoms with Crippen molar-refractivity contribution in [1.82, 2.24) is 0 Å². The second kappa shape index (κ2) is 4.77. The molecule has 0 saturated carbocycles. The molecule has 1 aromatic heterocycles. The fourth-order valence-corrected chi connectivity index (χ4v) is 1.66. The summed E-state index contributed by atoms with van der Waals surface area (Å²) in [5, 5.41) is 9.92. The van der Waals surface area contributed by atoms with Gasteiger partial charge in [-0.3, -0.25) is 14.9 Å². The van der Waals surface area contributed by atoms with Crippen LogP contribution < -0.4 is 0 Å². The Bertz CT molecular complexity index is 684. The number of nitrogens with zero attached hydrogens (tertiary/aromatic N) is 1. The predicted octanol–water partition coefficient (Wildman–Crippen LogP) is 3.60. The molecule has 0 spiro atoms. The third-order valence-electron chi connectivity index (χ3n) is 2.33. The summed E-state index contributed by atoms with van der Waals surface area (Å²) in [7, 11) is 0. The van der Waals surface area contributed by atoms with E-state index in [1.54, 1.807) is 0 Å². The van der Waals surface area contributed by atoms with Gasteiger partial charge in [0.25, 0.3) is 5.69 Å². The van der Waals surface area contributed by atoms with Gasteiger partial charge in [0.2, 0.25) is 0 Å². The van der Waals surface area contributed by atoms with E-state index in [0.29, 0.717) is 12.4 Å². The van der Waals surface area contributed by atoms with Gasteiger partial charge in [-0.15, -0.1) is 0 Å². The van der Waals surface area contributed by atoms with Crippen LogP contribution in [0.15, 0.2) is 22.6 Å². The molecule has 0 N–H and O–H groups in total. The summed E-state index contributed by atoms with van der Waals surface area (Å²) in [5.41, 5.74) is -1.45. The molecule has 2 aromatic rings. The highest BCUT2D eigenvalue weighted by molar-refractivity contribution is 6.31. The van der Waals surface area contributed by atoms with Crippen LogP contribution in [-0.4, -0.2) is 11.2 Å². The smallest absolute Gasteiger partial charge is 0.286 e. The van der Waals surface area contributed by atoms with E-state index < -0.39 is 32.8 Å². The number of hydrogen-bond donors (Lipinski definition) is 0. The van der Waals surface area contributed by atoms with E-state index in [9.17, 15) is 23.7 Å². The number of rotatable bonds is 3. The zero-order valence-corrected chi connectivity index (χ0v) is 9.78. The lowest BCUT2D eigenvalue weighted by atomic mass is 10.1. The minimum Gasteiger partial charge on any atom is -0.453 e. The molecule has 19 heavy (non-hydrogen) atoms. The molecule has 0 atom stereocenters. The highest BCUT2D eigenvalue weighted by atomic mass is 35.5. The molecule has 5 nitrogen and oxygen atoms in total. The van der Waals surface area contributed by atoms with Gasteiger partial charge in [0, 0.05) is 0 Å². The van der Waals surface area contributed by atoms with E-state index >= 15 is 0 Å². The second-order valence-corrected chi connectivity index (χ2v) is 3.84. The molecule has 0 saturated heterocycles. The summed E-state index contributed by atoms with van der Waals surface area (Å²) < 4.78 is 32.0. The number of halogens is 3. The number of furan rings is 1. The number of carbonyl (C=O) groups is 1. The largest absolute Gasteiger partial charge is 0.453 e. The molecule has 0 unspecified atom stereocenters. The first-order valence-electron chi connectivity index (χ1n) is 4.83. The molecule has 0 aliphatic heterocycles. The molecule has 0 fully saturated rings. The molecule has 98 valence electrons. The minimum absolute atomic E-state index is 0.149. The molecule has 0 aliphatic rings. The van der Waals surface area contributed by atoms with Crippen LogP contribution in [0.25, 0.3) is 11.3 Å². The Balaban J connectivity index is 2.76. The molecule has 1 heterocycles. The maximum Gasteiger partial charge on any atom is 0.286 e. The highest BCUT2D eigenvalue weighted by Crippen LogP contribution is 2.38. The maximum absolute atomic E-state index is 13.9. The summed E-state index contributed by atoms with van der Waals surface area (Å²) in [5.74, 6) is -3.01. The fraction of sp³-hybridized carbons (Fsp3) is 0. The molecule has 2 rings (SSSR count). The standard InChI is InChI=1S/C11H4ClF2NO4/c12-10-6(13)3-7(15(17)18)9(11(10)14)8-2-1-5(4-16)19-8/h1-4H. The minimum atomic E-state index is -1.32. The van der Waals surface area contributed by atoms with Crippen LogP contribution in [0.1, 0.15) is 10.6 Å². The van der Waals surface area contributed by atoms with Crippen molar-refractivity contribution in [1.29, 1.82) is 0 Å². The number of carbonyl (C=O) groups excluding carboxylic acids is 1. The number of nitro benzene ring substituents is 1. The van der Waals surface area contributed by atoms with Crippen molar-refractivity contribution in [2.45, 2.75) is 0 Å². The van der Waals surface area contributed by atoms with Crippen LogP contribution in [0.4, 0.5) is 14.5 Å². The van der Waals surface area contributed by atoms with Crippen LogP contribution >= 0.6 is 11.6 Å². The lowest BCUT2D eigenvalue weighted by Crippen LogP contribution is -1.97.